The summed E-state index contributed by atoms with van der Waals surface area (Å²) < 4.78 is 34.4. The van der Waals surface area contributed by atoms with E-state index in [1.165, 1.54) is 11.5 Å². The Labute approximate surface area is 123 Å². The van der Waals surface area contributed by atoms with Gasteiger partial charge in [0.15, 0.2) is 10.8 Å². The van der Waals surface area contributed by atoms with Crippen molar-refractivity contribution in [1.82, 2.24) is 14.1 Å². The number of methoxy groups -OCH3 is 1. The highest BCUT2D eigenvalue weighted by Gasteiger charge is 2.31. The van der Waals surface area contributed by atoms with Crippen molar-refractivity contribution < 1.29 is 13.2 Å². The number of nitrogens with one attached hydrogen (secondary N) is 2. The normalized spacial score (nSPS) is 12.8. The van der Waals surface area contributed by atoms with E-state index in [-0.39, 0.29) is 17.5 Å². The van der Waals surface area contributed by atoms with Gasteiger partial charge in [0.25, 0.3) is 10.0 Å². The van der Waals surface area contributed by atoms with Gasteiger partial charge in [-0.05, 0) is 26.0 Å². The van der Waals surface area contributed by atoms with Crippen LogP contribution in [0.15, 0.2) is 29.4 Å². The van der Waals surface area contributed by atoms with Gasteiger partial charge in [-0.15, -0.1) is 0 Å². The van der Waals surface area contributed by atoms with E-state index < -0.39 is 15.6 Å². The van der Waals surface area contributed by atoms with Gasteiger partial charge in [0, 0.05) is 13.3 Å². The van der Waals surface area contributed by atoms with Crippen LogP contribution in [0.5, 0.6) is 0 Å². The Morgan fingerprint density at radius 3 is 2.76 bits per heavy atom. The van der Waals surface area contributed by atoms with Crippen molar-refractivity contribution in [1.29, 1.82) is 0 Å². The first-order valence-corrected chi connectivity index (χ1v) is 7.76. The maximum absolute atomic E-state index is 12.7. The molecular formula is C12H19N5O3S. The smallest absolute Gasteiger partial charge is 0.261 e. The number of anilines is 1. The van der Waals surface area contributed by atoms with Gasteiger partial charge in [0.05, 0.1) is 12.1 Å². The predicted octanol–water partition coefficient (Wildman–Crippen LogP) is 0.323. The predicted molar refractivity (Wildman–Crippen MR) is 79.3 cm³/mol. The minimum atomic E-state index is -3.84. The zero-order valence-corrected chi connectivity index (χ0v) is 12.9. The number of ether oxygens (including phenoxy) is 1. The van der Waals surface area contributed by atoms with Crippen LogP contribution in [-0.4, -0.2) is 37.1 Å². The number of hydrogen-bond acceptors (Lipinski definition) is 6. The molecule has 2 rings (SSSR count). The second-order valence-corrected chi connectivity index (χ2v) is 6.86. The number of imidazole rings is 1. The Bertz CT molecular complexity index is 738. The van der Waals surface area contributed by atoms with Crippen molar-refractivity contribution in [2.45, 2.75) is 24.4 Å². The minimum absolute atomic E-state index is 0.0372. The van der Waals surface area contributed by atoms with Crippen LogP contribution in [0.4, 0.5) is 5.82 Å². The maximum Gasteiger partial charge on any atom is 0.261 e. The van der Waals surface area contributed by atoms with Crippen molar-refractivity contribution in [3.8, 4) is 0 Å². The number of sulfonamides is 1. The number of nitrogens with two attached hydrogens (primary N) is 1. The molecule has 2 aromatic rings. The Hall–Kier alpha value is -1.68. The third-order valence-corrected chi connectivity index (χ3v) is 4.51. The highest BCUT2D eigenvalue weighted by molar-refractivity contribution is 7.89. The van der Waals surface area contributed by atoms with Crippen molar-refractivity contribution in [3.63, 3.8) is 0 Å². The van der Waals surface area contributed by atoms with E-state index in [0.29, 0.717) is 5.65 Å². The van der Waals surface area contributed by atoms with Crippen LogP contribution in [0.25, 0.3) is 5.65 Å². The highest BCUT2D eigenvalue weighted by Crippen LogP contribution is 2.23. The molecular weight excluding hydrogens is 294 g/mol. The average molecular weight is 313 g/mol. The lowest BCUT2D eigenvalue weighted by Gasteiger charge is -2.24. The van der Waals surface area contributed by atoms with Crippen molar-refractivity contribution in [2.24, 2.45) is 5.84 Å². The molecule has 0 fully saturated rings. The van der Waals surface area contributed by atoms with E-state index in [2.05, 4.69) is 15.1 Å². The second kappa shape index (κ2) is 5.60. The van der Waals surface area contributed by atoms with Gasteiger partial charge in [-0.25, -0.2) is 24.0 Å². The molecule has 0 radical (unpaired) electrons. The van der Waals surface area contributed by atoms with Crippen molar-refractivity contribution in [2.75, 3.05) is 19.1 Å². The highest BCUT2D eigenvalue weighted by atomic mass is 32.2. The SMILES string of the molecule is COCC(C)(C)NS(=O)(=O)c1c(NN)nc2ccccn12. The summed E-state index contributed by atoms with van der Waals surface area (Å²) >= 11 is 0. The number of rotatable bonds is 6. The molecule has 2 aromatic heterocycles. The van der Waals surface area contributed by atoms with Gasteiger partial charge in [0.1, 0.15) is 5.65 Å². The summed E-state index contributed by atoms with van der Waals surface area (Å²) in [6.45, 7) is 3.69. The van der Waals surface area contributed by atoms with Crippen LogP contribution in [0.3, 0.4) is 0 Å². The number of aromatic nitrogens is 2. The average Bonchev–Trinajstić information content (AvgIpc) is 2.76. The van der Waals surface area contributed by atoms with Crippen LogP contribution in [0.1, 0.15) is 13.8 Å². The molecule has 0 saturated carbocycles. The molecule has 9 heteroatoms. The van der Waals surface area contributed by atoms with Gasteiger partial charge in [-0.1, -0.05) is 6.07 Å². The van der Waals surface area contributed by atoms with Gasteiger partial charge < -0.3 is 10.2 Å². The molecule has 4 N–H and O–H groups in total. The molecule has 0 aliphatic heterocycles. The minimum Gasteiger partial charge on any atom is -0.383 e. The molecule has 0 unspecified atom stereocenters. The second-order valence-electron chi connectivity index (χ2n) is 5.26. The van der Waals surface area contributed by atoms with Crippen LogP contribution in [-0.2, 0) is 14.8 Å². The van der Waals surface area contributed by atoms with Crippen LogP contribution >= 0.6 is 0 Å². The lowest BCUT2D eigenvalue weighted by molar-refractivity contribution is 0.141. The topological polar surface area (TPSA) is 111 Å². The van der Waals surface area contributed by atoms with Crippen molar-refractivity contribution >= 4 is 21.5 Å². The molecule has 0 aliphatic carbocycles. The summed E-state index contributed by atoms with van der Waals surface area (Å²) in [6, 6.07) is 5.18. The van der Waals surface area contributed by atoms with E-state index in [9.17, 15) is 8.42 Å². The summed E-state index contributed by atoms with van der Waals surface area (Å²) in [5.74, 6) is 5.48. The summed E-state index contributed by atoms with van der Waals surface area (Å²) in [6.07, 6.45) is 1.61. The number of hydrogen-bond donors (Lipinski definition) is 3. The van der Waals surface area contributed by atoms with E-state index >= 15 is 0 Å². The number of hydrazine groups is 1. The molecule has 8 nitrogen and oxygen atoms in total. The number of nitrogens with zero attached hydrogens (tertiary/aromatic N) is 2. The molecule has 0 amide bonds. The summed E-state index contributed by atoms with van der Waals surface area (Å²) in [4.78, 5) is 4.15. The molecule has 0 aliphatic rings. The summed E-state index contributed by atoms with van der Waals surface area (Å²) in [5.41, 5.74) is 2.04. The molecule has 0 spiro atoms. The number of nitrogen functional groups attached to an aromatic ring is 1. The molecule has 0 atom stereocenters. The standard InChI is InChI=1S/C12H19N5O3S/c1-12(2,8-20-3)16-21(18,19)11-10(15-13)14-9-6-4-5-7-17(9)11/h4-7,15-16H,8,13H2,1-3H3. The fourth-order valence-corrected chi connectivity index (χ4v) is 3.78. The number of pyridine rings is 1. The van der Waals surface area contributed by atoms with Gasteiger partial charge in [-0.3, -0.25) is 4.40 Å². The van der Waals surface area contributed by atoms with Crippen LogP contribution < -0.4 is 16.0 Å². The van der Waals surface area contributed by atoms with E-state index in [1.54, 1.807) is 38.2 Å². The first-order valence-electron chi connectivity index (χ1n) is 6.27. The van der Waals surface area contributed by atoms with Crippen LogP contribution in [0, 0.1) is 0 Å². The molecule has 0 bridgehead atoms. The lowest BCUT2D eigenvalue weighted by atomic mass is 10.1. The van der Waals surface area contributed by atoms with E-state index in [0.717, 1.165) is 0 Å². The third-order valence-electron chi connectivity index (χ3n) is 2.79. The zero-order chi connectivity index (χ0) is 15.7. The monoisotopic (exact) mass is 313 g/mol. The first-order chi connectivity index (χ1) is 9.80. The Morgan fingerprint density at radius 2 is 2.14 bits per heavy atom. The van der Waals surface area contributed by atoms with Gasteiger partial charge >= 0.3 is 0 Å². The lowest BCUT2D eigenvalue weighted by Crippen LogP contribution is -2.47. The molecule has 0 aromatic carbocycles. The van der Waals surface area contributed by atoms with Gasteiger partial charge in [0.2, 0.25) is 0 Å². The van der Waals surface area contributed by atoms with Crippen LogP contribution in [0.2, 0.25) is 0 Å². The fourth-order valence-electron chi connectivity index (χ4n) is 2.13. The quantitative estimate of drug-likeness (QED) is 0.523. The van der Waals surface area contributed by atoms with E-state index in [1.807, 2.05) is 0 Å². The molecule has 21 heavy (non-hydrogen) atoms. The Morgan fingerprint density at radius 1 is 1.43 bits per heavy atom. The Balaban J connectivity index is 2.54. The van der Waals surface area contributed by atoms with E-state index in [4.69, 9.17) is 10.6 Å². The number of fused-ring (bicyclic) bond motifs is 1. The van der Waals surface area contributed by atoms with Gasteiger partial charge in [-0.2, -0.15) is 0 Å². The zero-order valence-electron chi connectivity index (χ0n) is 12.1. The fraction of sp³-hybridized carbons (Fsp3) is 0.417. The van der Waals surface area contributed by atoms with Crippen molar-refractivity contribution in [3.05, 3.63) is 24.4 Å². The summed E-state index contributed by atoms with van der Waals surface area (Å²) in [5, 5.41) is -0.0372. The maximum atomic E-state index is 12.7. The molecule has 0 saturated heterocycles. The summed E-state index contributed by atoms with van der Waals surface area (Å²) in [7, 11) is -2.33. The third kappa shape index (κ3) is 3.16. The first kappa shape index (κ1) is 15.7. The molecule has 116 valence electrons. The molecule has 2 heterocycles. The largest absolute Gasteiger partial charge is 0.383 e. The Kier molecular flexibility index (Phi) is 4.19.